The summed E-state index contributed by atoms with van der Waals surface area (Å²) in [7, 11) is 4.49. The van der Waals surface area contributed by atoms with Crippen molar-refractivity contribution < 1.29 is 33.6 Å². The third kappa shape index (κ3) is 5.70. The predicted molar refractivity (Wildman–Crippen MR) is 147 cm³/mol. The van der Waals surface area contributed by atoms with Crippen molar-refractivity contribution in [2.75, 3.05) is 34.5 Å². The fourth-order valence-electron chi connectivity index (χ4n) is 4.72. The largest absolute Gasteiger partial charge is 0.507 e. The lowest BCUT2D eigenvalue weighted by atomic mass is 9.94. The molecule has 8 heteroatoms. The van der Waals surface area contributed by atoms with Gasteiger partial charge in [0.25, 0.3) is 11.7 Å². The normalized spacial score (nSPS) is 16.3. The average Bonchev–Trinajstić information content (AvgIpc) is 3.23. The van der Waals surface area contributed by atoms with Crippen molar-refractivity contribution in [2.45, 2.75) is 25.8 Å². The third-order valence-corrected chi connectivity index (χ3v) is 6.61. The first-order valence-corrected chi connectivity index (χ1v) is 12.8. The van der Waals surface area contributed by atoms with Crippen LogP contribution in [-0.4, -0.2) is 56.2 Å². The molecule has 1 N–H and O–H groups in total. The maximum absolute atomic E-state index is 13.5. The van der Waals surface area contributed by atoms with Gasteiger partial charge in [-0.3, -0.25) is 9.59 Å². The van der Waals surface area contributed by atoms with Crippen LogP contribution in [0.2, 0.25) is 0 Å². The molecule has 1 aliphatic rings. The maximum Gasteiger partial charge on any atom is 0.295 e. The van der Waals surface area contributed by atoms with Crippen LogP contribution in [-0.2, 0) is 16.0 Å². The van der Waals surface area contributed by atoms with Crippen LogP contribution in [0.1, 0.15) is 36.1 Å². The number of hydrogen-bond donors (Lipinski definition) is 1. The molecular formula is C31H33NO7. The second-order valence-electron chi connectivity index (χ2n) is 9.06. The van der Waals surface area contributed by atoms with E-state index in [1.54, 1.807) is 36.4 Å². The average molecular weight is 532 g/mol. The summed E-state index contributed by atoms with van der Waals surface area (Å²) in [5.74, 6) is -0.0553. The van der Waals surface area contributed by atoms with Gasteiger partial charge in [0, 0.05) is 12.1 Å². The number of hydrogen-bond acceptors (Lipinski definition) is 7. The fraction of sp³-hybridized carbons (Fsp3) is 0.290. The van der Waals surface area contributed by atoms with E-state index in [1.807, 2.05) is 37.3 Å². The van der Waals surface area contributed by atoms with Gasteiger partial charge in [-0.1, -0.05) is 49.4 Å². The van der Waals surface area contributed by atoms with Crippen molar-refractivity contribution in [2.24, 2.45) is 0 Å². The zero-order valence-corrected chi connectivity index (χ0v) is 22.6. The summed E-state index contributed by atoms with van der Waals surface area (Å²) in [5, 5.41) is 11.5. The number of benzene rings is 3. The van der Waals surface area contributed by atoms with Gasteiger partial charge < -0.3 is 29.0 Å². The molecule has 0 bridgehead atoms. The Morgan fingerprint density at radius 3 is 2.21 bits per heavy atom. The maximum atomic E-state index is 13.5. The van der Waals surface area contributed by atoms with Crippen LogP contribution in [0.3, 0.4) is 0 Å². The monoisotopic (exact) mass is 531 g/mol. The summed E-state index contributed by atoms with van der Waals surface area (Å²) in [5.41, 5.74) is 1.91. The van der Waals surface area contributed by atoms with Crippen LogP contribution in [0.5, 0.6) is 23.0 Å². The Morgan fingerprint density at radius 1 is 0.897 bits per heavy atom. The van der Waals surface area contributed by atoms with Gasteiger partial charge in [0.2, 0.25) is 5.75 Å². The van der Waals surface area contributed by atoms with E-state index >= 15 is 0 Å². The minimum atomic E-state index is -0.886. The molecule has 1 amide bonds. The number of Topliss-reactive ketones (excluding diaryl/α,β-unsaturated/α-hetero) is 1. The van der Waals surface area contributed by atoms with Gasteiger partial charge in [-0.25, -0.2) is 0 Å². The molecule has 0 radical (unpaired) electrons. The molecule has 3 aromatic carbocycles. The number of ketones is 1. The number of aliphatic hydroxyl groups excluding tert-OH is 1. The van der Waals surface area contributed by atoms with E-state index in [2.05, 4.69) is 0 Å². The van der Waals surface area contributed by atoms with E-state index in [4.69, 9.17) is 18.9 Å². The van der Waals surface area contributed by atoms with Gasteiger partial charge in [0.15, 0.2) is 11.5 Å². The summed E-state index contributed by atoms with van der Waals surface area (Å²) in [6.07, 6.45) is 1.35. The van der Waals surface area contributed by atoms with Gasteiger partial charge in [-0.2, -0.15) is 0 Å². The first-order valence-electron chi connectivity index (χ1n) is 12.8. The number of likely N-dealkylation sites (tertiary alicyclic amines) is 1. The second-order valence-corrected chi connectivity index (χ2v) is 9.06. The van der Waals surface area contributed by atoms with Crippen LogP contribution < -0.4 is 18.9 Å². The van der Waals surface area contributed by atoms with E-state index < -0.39 is 17.7 Å². The number of rotatable bonds is 11. The Balaban J connectivity index is 1.86. The molecule has 1 fully saturated rings. The Labute approximate surface area is 228 Å². The molecular weight excluding hydrogens is 498 g/mol. The van der Waals surface area contributed by atoms with E-state index in [-0.39, 0.29) is 17.9 Å². The topological polar surface area (TPSA) is 94.5 Å². The van der Waals surface area contributed by atoms with Crippen LogP contribution in [0.25, 0.3) is 5.76 Å². The highest BCUT2D eigenvalue weighted by Crippen LogP contribution is 2.45. The van der Waals surface area contributed by atoms with Gasteiger partial charge in [-0.05, 0) is 48.2 Å². The van der Waals surface area contributed by atoms with Gasteiger partial charge in [-0.15, -0.1) is 0 Å². The van der Waals surface area contributed by atoms with Crippen molar-refractivity contribution in [3.05, 3.63) is 89.0 Å². The lowest BCUT2D eigenvalue weighted by molar-refractivity contribution is -0.139. The molecule has 204 valence electrons. The summed E-state index contributed by atoms with van der Waals surface area (Å²) in [6, 6.07) is 19.1. The van der Waals surface area contributed by atoms with Crippen molar-refractivity contribution in [1.29, 1.82) is 0 Å². The number of nitrogens with zero attached hydrogens (tertiary/aromatic N) is 1. The molecule has 1 aliphatic heterocycles. The fourth-order valence-corrected chi connectivity index (χ4v) is 4.72. The first kappa shape index (κ1) is 27.6. The van der Waals surface area contributed by atoms with Crippen LogP contribution in [0.15, 0.2) is 72.3 Å². The number of ether oxygens (including phenoxy) is 4. The quantitative estimate of drug-likeness (QED) is 0.207. The van der Waals surface area contributed by atoms with Gasteiger partial charge >= 0.3 is 0 Å². The van der Waals surface area contributed by atoms with Crippen LogP contribution >= 0.6 is 0 Å². The number of amides is 1. The second kappa shape index (κ2) is 12.4. The van der Waals surface area contributed by atoms with E-state index in [9.17, 15) is 14.7 Å². The van der Waals surface area contributed by atoms with E-state index in [0.717, 1.165) is 12.0 Å². The Bertz CT molecular complexity index is 1340. The molecule has 0 saturated carbocycles. The predicted octanol–water partition coefficient (Wildman–Crippen LogP) is 5.17. The van der Waals surface area contributed by atoms with Gasteiger partial charge in [0.05, 0.1) is 39.6 Å². The SMILES string of the molecule is CCCOc1cccc(C(O)=C2C(=O)C(=O)N(CCc3ccccc3)C2c2cc(OC)c(OC)c(OC)c2)c1. The zero-order valence-electron chi connectivity index (χ0n) is 22.6. The number of carbonyl (C=O) groups is 2. The molecule has 8 nitrogen and oxygen atoms in total. The first-order chi connectivity index (χ1) is 18.9. The summed E-state index contributed by atoms with van der Waals surface area (Å²) in [6.45, 7) is 2.77. The summed E-state index contributed by atoms with van der Waals surface area (Å²) >= 11 is 0. The Morgan fingerprint density at radius 2 is 1.59 bits per heavy atom. The summed E-state index contributed by atoms with van der Waals surface area (Å²) in [4.78, 5) is 28.4. The number of aliphatic hydroxyl groups is 1. The van der Waals surface area contributed by atoms with Crippen molar-refractivity contribution in [3.8, 4) is 23.0 Å². The smallest absolute Gasteiger partial charge is 0.295 e. The molecule has 1 unspecified atom stereocenters. The van der Waals surface area contributed by atoms with Gasteiger partial charge in [0.1, 0.15) is 11.5 Å². The lowest BCUT2D eigenvalue weighted by Crippen LogP contribution is -2.31. The highest BCUT2D eigenvalue weighted by atomic mass is 16.5. The zero-order chi connectivity index (χ0) is 27.9. The van der Waals surface area contributed by atoms with Crippen molar-refractivity contribution in [3.63, 3.8) is 0 Å². The van der Waals surface area contributed by atoms with Crippen LogP contribution in [0.4, 0.5) is 0 Å². The number of carbonyl (C=O) groups excluding carboxylic acids is 2. The lowest BCUT2D eigenvalue weighted by Gasteiger charge is -2.26. The minimum absolute atomic E-state index is 0.0185. The molecule has 1 atom stereocenters. The molecule has 39 heavy (non-hydrogen) atoms. The van der Waals surface area contributed by atoms with Crippen LogP contribution in [0, 0.1) is 0 Å². The highest BCUT2D eigenvalue weighted by molar-refractivity contribution is 6.46. The Kier molecular flexibility index (Phi) is 8.76. The molecule has 0 spiro atoms. The minimum Gasteiger partial charge on any atom is -0.507 e. The molecule has 1 saturated heterocycles. The molecule has 0 aromatic heterocycles. The molecule has 4 rings (SSSR count). The van der Waals surface area contributed by atoms with E-state index in [0.29, 0.717) is 47.2 Å². The summed E-state index contributed by atoms with van der Waals surface area (Å²) < 4.78 is 22.3. The van der Waals surface area contributed by atoms with Crippen molar-refractivity contribution in [1.82, 2.24) is 4.90 Å². The Hall–Kier alpha value is -4.46. The molecule has 1 heterocycles. The van der Waals surface area contributed by atoms with E-state index in [1.165, 1.54) is 26.2 Å². The standard InChI is InChI=1S/C31H33NO7/c1-5-16-39-23-13-9-12-21(17-23)28(33)26-27(22-18-24(36-2)30(38-4)25(19-22)37-3)32(31(35)29(26)34)15-14-20-10-7-6-8-11-20/h6-13,17-19,27,33H,5,14-16H2,1-4H3. The molecule has 0 aliphatic carbocycles. The molecule has 3 aromatic rings. The van der Waals surface area contributed by atoms with Crippen molar-refractivity contribution >= 4 is 17.4 Å². The highest BCUT2D eigenvalue weighted by Gasteiger charge is 2.46. The number of methoxy groups -OCH3 is 3. The third-order valence-electron chi connectivity index (χ3n) is 6.61.